The number of aromatic nitrogens is 2. The van der Waals surface area contributed by atoms with Gasteiger partial charge in [0.2, 0.25) is 0 Å². The van der Waals surface area contributed by atoms with E-state index in [1.54, 1.807) is 29.8 Å². The first kappa shape index (κ1) is 19.4. The lowest BCUT2D eigenvalue weighted by Gasteiger charge is -2.19. The molecule has 1 heterocycles. The van der Waals surface area contributed by atoms with Crippen LogP contribution in [-0.2, 0) is 6.54 Å². The predicted molar refractivity (Wildman–Crippen MR) is 103 cm³/mol. The predicted octanol–water partition coefficient (Wildman–Crippen LogP) is 4.80. The van der Waals surface area contributed by atoms with Crippen molar-refractivity contribution >= 4 is 29.3 Å². The maximum atomic E-state index is 14.0. The summed E-state index contributed by atoms with van der Waals surface area (Å²) in [4.78, 5) is 18.6. The second-order valence-corrected chi connectivity index (χ2v) is 6.98. The number of imidazole rings is 1. The van der Waals surface area contributed by atoms with Crippen LogP contribution in [0.1, 0.15) is 16.1 Å². The highest BCUT2D eigenvalue weighted by atomic mass is 35.5. The maximum absolute atomic E-state index is 14.0. The summed E-state index contributed by atoms with van der Waals surface area (Å²) < 4.78 is 28.9. The third kappa shape index (κ3) is 3.99. The second-order valence-electron chi connectivity index (χ2n) is 5.80. The van der Waals surface area contributed by atoms with E-state index in [1.165, 1.54) is 47.1 Å². The number of carbonyl (C=O) groups excluding carboxylic acids is 1. The minimum atomic E-state index is -0.473. The van der Waals surface area contributed by atoms with E-state index in [2.05, 4.69) is 4.98 Å². The molecule has 0 aliphatic rings. The molecule has 0 saturated carbocycles. The fourth-order valence-corrected chi connectivity index (χ4v) is 3.42. The van der Waals surface area contributed by atoms with Crippen LogP contribution in [0.15, 0.2) is 53.8 Å². The average Bonchev–Trinajstić information content (AvgIpc) is 3.08. The van der Waals surface area contributed by atoms with Gasteiger partial charge in [0, 0.05) is 23.3 Å². The van der Waals surface area contributed by atoms with Crippen molar-refractivity contribution in [3.63, 3.8) is 0 Å². The number of rotatable bonds is 5. The third-order valence-corrected chi connectivity index (χ3v) is 5.03. The molecule has 0 radical (unpaired) electrons. The summed E-state index contributed by atoms with van der Waals surface area (Å²) in [7, 11) is 1.56. The van der Waals surface area contributed by atoms with Gasteiger partial charge in [-0.1, -0.05) is 29.4 Å². The van der Waals surface area contributed by atoms with Crippen LogP contribution >= 0.6 is 23.4 Å². The molecule has 140 valence electrons. The van der Waals surface area contributed by atoms with Gasteiger partial charge in [-0.2, -0.15) is 0 Å². The summed E-state index contributed by atoms with van der Waals surface area (Å²) in [5, 5.41) is 0.841. The van der Waals surface area contributed by atoms with E-state index in [0.717, 1.165) is 0 Å². The minimum absolute atomic E-state index is 0.00748. The zero-order valence-corrected chi connectivity index (χ0v) is 16.2. The minimum Gasteiger partial charge on any atom is -0.336 e. The Morgan fingerprint density at radius 3 is 2.56 bits per heavy atom. The van der Waals surface area contributed by atoms with Crippen LogP contribution in [0.5, 0.6) is 0 Å². The zero-order valence-electron chi connectivity index (χ0n) is 14.6. The summed E-state index contributed by atoms with van der Waals surface area (Å²) in [6.07, 6.45) is 3.29. The highest BCUT2D eigenvalue weighted by molar-refractivity contribution is 7.98. The van der Waals surface area contributed by atoms with Crippen molar-refractivity contribution in [3.05, 3.63) is 76.6 Å². The molecular formula is C19H16ClF2N3OS. The second kappa shape index (κ2) is 8.10. The summed E-state index contributed by atoms with van der Waals surface area (Å²) in [6.45, 7) is 0.00748. The summed E-state index contributed by atoms with van der Waals surface area (Å²) >= 11 is 7.42. The van der Waals surface area contributed by atoms with Gasteiger partial charge in [-0.15, -0.1) is 0 Å². The zero-order chi connectivity index (χ0) is 19.6. The Bertz CT molecular complexity index is 955. The Hall–Kier alpha value is -2.38. The van der Waals surface area contributed by atoms with Crippen molar-refractivity contribution in [2.45, 2.75) is 11.7 Å². The van der Waals surface area contributed by atoms with E-state index in [9.17, 15) is 13.6 Å². The quantitative estimate of drug-likeness (QED) is 0.570. The lowest BCUT2D eigenvalue weighted by atomic mass is 10.2. The first-order valence-corrected chi connectivity index (χ1v) is 9.58. The van der Waals surface area contributed by atoms with E-state index < -0.39 is 5.82 Å². The topological polar surface area (TPSA) is 38.1 Å². The fraction of sp³-hybridized carbons (Fsp3) is 0.158. The molecule has 0 aliphatic heterocycles. The third-order valence-electron chi connectivity index (χ3n) is 4.02. The smallest absolute Gasteiger partial charge is 0.272 e. The Morgan fingerprint density at radius 1 is 1.22 bits per heavy atom. The highest BCUT2D eigenvalue weighted by Gasteiger charge is 2.22. The van der Waals surface area contributed by atoms with Gasteiger partial charge >= 0.3 is 0 Å². The number of hydrogen-bond donors (Lipinski definition) is 0. The number of amides is 1. The summed E-state index contributed by atoms with van der Waals surface area (Å²) in [5.74, 6) is -1.20. The molecule has 0 atom stereocenters. The largest absolute Gasteiger partial charge is 0.336 e. The standard InChI is InChI=1S/C19H16ClF2N3OS/c1-24(11-14-15(20)4-3-5-16(14)22)18(26)17-10-23-19(27-2)25(17)13-8-6-12(21)7-9-13/h3-10H,11H2,1-2H3. The molecule has 0 spiro atoms. The van der Waals surface area contributed by atoms with Crippen molar-refractivity contribution in [2.75, 3.05) is 13.3 Å². The van der Waals surface area contributed by atoms with Crippen LogP contribution in [0.4, 0.5) is 8.78 Å². The molecule has 0 unspecified atom stereocenters. The molecular weight excluding hydrogens is 392 g/mol. The number of carbonyl (C=O) groups is 1. The van der Waals surface area contributed by atoms with Crippen molar-refractivity contribution in [2.24, 2.45) is 0 Å². The lowest BCUT2D eigenvalue weighted by Crippen LogP contribution is -2.28. The summed E-state index contributed by atoms with van der Waals surface area (Å²) in [5.41, 5.74) is 1.15. The molecule has 0 saturated heterocycles. The van der Waals surface area contributed by atoms with Crippen LogP contribution < -0.4 is 0 Å². The Balaban J connectivity index is 1.95. The van der Waals surface area contributed by atoms with Crippen LogP contribution in [0.25, 0.3) is 5.69 Å². The van der Waals surface area contributed by atoms with Gasteiger partial charge in [0.05, 0.1) is 12.7 Å². The Labute approximate surface area is 164 Å². The SMILES string of the molecule is CSc1ncc(C(=O)N(C)Cc2c(F)cccc2Cl)n1-c1ccc(F)cc1. The molecule has 0 aliphatic carbocycles. The normalized spacial score (nSPS) is 10.9. The van der Waals surface area contributed by atoms with Crippen molar-refractivity contribution < 1.29 is 13.6 Å². The monoisotopic (exact) mass is 407 g/mol. The molecule has 4 nitrogen and oxygen atoms in total. The van der Waals surface area contributed by atoms with E-state index in [-0.39, 0.29) is 28.9 Å². The van der Waals surface area contributed by atoms with Gasteiger partial charge in [0.15, 0.2) is 5.16 Å². The van der Waals surface area contributed by atoms with Crippen molar-refractivity contribution in [1.29, 1.82) is 0 Å². The number of benzene rings is 2. The van der Waals surface area contributed by atoms with Crippen LogP contribution in [-0.4, -0.2) is 33.7 Å². The van der Waals surface area contributed by atoms with Gasteiger partial charge in [-0.05, 0) is 42.7 Å². The first-order valence-electron chi connectivity index (χ1n) is 7.98. The molecule has 0 fully saturated rings. The molecule has 1 amide bonds. The molecule has 2 aromatic carbocycles. The van der Waals surface area contributed by atoms with Crippen LogP contribution in [0.3, 0.4) is 0 Å². The number of nitrogens with zero attached hydrogens (tertiary/aromatic N) is 3. The summed E-state index contributed by atoms with van der Waals surface area (Å²) in [6, 6.07) is 10.2. The van der Waals surface area contributed by atoms with E-state index in [0.29, 0.717) is 16.5 Å². The van der Waals surface area contributed by atoms with E-state index >= 15 is 0 Å². The van der Waals surface area contributed by atoms with Crippen LogP contribution in [0, 0.1) is 11.6 Å². The van der Waals surface area contributed by atoms with Gasteiger partial charge in [-0.3, -0.25) is 9.36 Å². The number of halogens is 3. The van der Waals surface area contributed by atoms with Gasteiger partial charge in [-0.25, -0.2) is 13.8 Å². The fourth-order valence-electron chi connectivity index (χ4n) is 2.66. The molecule has 3 rings (SSSR count). The van der Waals surface area contributed by atoms with Crippen molar-refractivity contribution in [3.8, 4) is 5.69 Å². The maximum Gasteiger partial charge on any atom is 0.272 e. The highest BCUT2D eigenvalue weighted by Crippen LogP contribution is 2.25. The van der Waals surface area contributed by atoms with Crippen molar-refractivity contribution in [1.82, 2.24) is 14.5 Å². The molecule has 0 bridgehead atoms. The van der Waals surface area contributed by atoms with Gasteiger partial charge in [0.1, 0.15) is 17.3 Å². The van der Waals surface area contributed by atoms with Gasteiger partial charge < -0.3 is 4.90 Å². The molecule has 0 N–H and O–H groups in total. The lowest BCUT2D eigenvalue weighted by molar-refractivity contribution is 0.0775. The first-order chi connectivity index (χ1) is 12.9. The number of thioether (sulfide) groups is 1. The van der Waals surface area contributed by atoms with E-state index in [1.807, 2.05) is 6.26 Å². The molecule has 3 aromatic rings. The Kier molecular flexibility index (Phi) is 5.82. The molecule has 27 heavy (non-hydrogen) atoms. The average molecular weight is 408 g/mol. The molecule has 8 heteroatoms. The van der Waals surface area contributed by atoms with Crippen LogP contribution in [0.2, 0.25) is 5.02 Å². The molecule has 1 aromatic heterocycles. The van der Waals surface area contributed by atoms with Gasteiger partial charge in [0.25, 0.3) is 5.91 Å². The Morgan fingerprint density at radius 2 is 1.93 bits per heavy atom. The number of hydrogen-bond acceptors (Lipinski definition) is 3. The van der Waals surface area contributed by atoms with E-state index in [4.69, 9.17) is 11.6 Å².